The molecule has 1 saturated heterocycles. The summed E-state index contributed by atoms with van der Waals surface area (Å²) in [5.74, 6) is 0.686. The molecule has 0 bridgehead atoms. The number of hydrogen-bond acceptors (Lipinski definition) is 2. The summed E-state index contributed by atoms with van der Waals surface area (Å²) in [6.07, 6.45) is 6.38. The van der Waals surface area contributed by atoms with Crippen LogP contribution in [0, 0.1) is 6.92 Å². The van der Waals surface area contributed by atoms with Crippen LogP contribution in [0.4, 0.5) is 0 Å². The van der Waals surface area contributed by atoms with Crippen molar-refractivity contribution in [3.05, 3.63) is 65.5 Å². The topological polar surface area (TPSA) is 16.1 Å². The van der Waals surface area contributed by atoms with Crippen LogP contribution in [0.1, 0.15) is 35.4 Å². The highest BCUT2D eigenvalue weighted by Crippen LogP contribution is 2.28. The molecule has 2 aromatic rings. The fraction of sp³-hybridized carbons (Fsp3) is 0.389. The van der Waals surface area contributed by atoms with Crippen LogP contribution in [0.15, 0.2) is 48.8 Å². The molecule has 0 aliphatic carbocycles. The Morgan fingerprint density at radius 3 is 2.85 bits per heavy atom. The van der Waals surface area contributed by atoms with Crippen molar-refractivity contribution in [1.29, 1.82) is 0 Å². The summed E-state index contributed by atoms with van der Waals surface area (Å²) >= 11 is 0. The Bertz CT molecular complexity index is 550. The Kier molecular flexibility index (Phi) is 4.12. The van der Waals surface area contributed by atoms with Crippen molar-refractivity contribution >= 4 is 0 Å². The van der Waals surface area contributed by atoms with Gasteiger partial charge in [0.15, 0.2) is 0 Å². The van der Waals surface area contributed by atoms with E-state index in [0.29, 0.717) is 5.92 Å². The van der Waals surface area contributed by atoms with Gasteiger partial charge in [-0.1, -0.05) is 29.8 Å². The van der Waals surface area contributed by atoms with Crippen LogP contribution in [0.2, 0.25) is 0 Å². The van der Waals surface area contributed by atoms with Gasteiger partial charge >= 0.3 is 0 Å². The van der Waals surface area contributed by atoms with Crippen molar-refractivity contribution in [3.63, 3.8) is 0 Å². The lowest BCUT2D eigenvalue weighted by atomic mass is 9.89. The number of pyridine rings is 1. The highest BCUT2D eigenvalue weighted by molar-refractivity contribution is 5.26. The van der Waals surface area contributed by atoms with Gasteiger partial charge in [0.05, 0.1) is 0 Å². The van der Waals surface area contributed by atoms with Gasteiger partial charge in [-0.15, -0.1) is 0 Å². The number of likely N-dealkylation sites (tertiary alicyclic amines) is 1. The Morgan fingerprint density at radius 2 is 2.05 bits per heavy atom. The molecule has 2 heterocycles. The van der Waals surface area contributed by atoms with Crippen LogP contribution in [0.3, 0.4) is 0 Å². The van der Waals surface area contributed by atoms with E-state index in [9.17, 15) is 0 Å². The molecular formula is C18H22N2. The van der Waals surface area contributed by atoms with Gasteiger partial charge in [-0.2, -0.15) is 0 Å². The van der Waals surface area contributed by atoms with Crippen molar-refractivity contribution in [3.8, 4) is 0 Å². The molecule has 0 saturated carbocycles. The van der Waals surface area contributed by atoms with Crippen LogP contribution in [-0.4, -0.2) is 23.0 Å². The van der Waals surface area contributed by atoms with Crippen LogP contribution >= 0.6 is 0 Å². The van der Waals surface area contributed by atoms with Gasteiger partial charge in [0.1, 0.15) is 0 Å². The minimum absolute atomic E-state index is 0.686. The zero-order valence-corrected chi connectivity index (χ0v) is 12.1. The second-order valence-corrected chi connectivity index (χ2v) is 5.84. The second-order valence-electron chi connectivity index (χ2n) is 5.84. The molecule has 1 fully saturated rings. The third-order valence-electron chi connectivity index (χ3n) is 4.17. The predicted octanol–water partition coefficient (Wildman–Crippen LogP) is 3.77. The van der Waals surface area contributed by atoms with Crippen LogP contribution in [0.25, 0.3) is 0 Å². The Balaban J connectivity index is 1.67. The average molecular weight is 266 g/mol. The van der Waals surface area contributed by atoms with E-state index < -0.39 is 0 Å². The van der Waals surface area contributed by atoms with Gasteiger partial charge in [-0.05, 0) is 55.5 Å². The van der Waals surface area contributed by atoms with Gasteiger partial charge in [0.2, 0.25) is 0 Å². The zero-order chi connectivity index (χ0) is 13.8. The molecule has 104 valence electrons. The summed E-state index contributed by atoms with van der Waals surface area (Å²) in [7, 11) is 0. The maximum atomic E-state index is 4.09. The summed E-state index contributed by atoms with van der Waals surface area (Å²) in [5.41, 5.74) is 4.24. The van der Waals surface area contributed by atoms with E-state index in [1.807, 2.05) is 12.4 Å². The van der Waals surface area contributed by atoms with Crippen molar-refractivity contribution in [2.75, 3.05) is 13.1 Å². The summed E-state index contributed by atoms with van der Waals surface area (Å²) in [6.45, 7) is 5.61. The highest BCUT2D eigenvalue weighted by Gasteiger charge is 2.21. The molecule has 0 radical (unpaired) electrons. The minimum atomic E-state index is 0.686. The van der Waals surface area contributed by atoms with Crippen molar-refractivity contribution < 1.29 is 0 Å². The minimum Gasteiger partial charge on any atom is -0.298 e. The molecule has 1 aliphatic heterocycles. The number of hydrogen-bond donors (Lipinski definition) is 0. The molecule has 1 atom stereocenters. The lowest BCUT2D eigenvalue weighted by Crippen LogP contribution is -2.33. The number of nitrogens with zero attached hydrogens (tertiary/aromatic N) is 2. The first-order valence-electron chi connectivity index (χ1n) is 7.49. The summed E-state index contributed by atoms with van der Waals surface area (Å²) in [6, 6.07) is 13.2. The van der Waals surface area contributed by atoms with Gasteiger partial charge in [0.25, 0.3) is 0 Å². The Morgan fingerprint density at radius 1 is 1.20 bits per heavy atom. The Labute approximate surface area is 121 Å². The molecule has 0 spiro atoms. The molecular weight excluding hydrogens is 244 g/mol. The maximum absolute atomic E-state index is 4.09. The lowest BCUT2D eigenvalue weighted by Gasteiger charge is -2.33. The standard InChI is InChI=1S/C18H22N2/c1-15-4-2-5-17(12-15)18-6-3-11-20(14-18)13-16-7-9-19-10-8-16/h2,4-5,7-10,12,18H,3,6,11,13-14H2,1H3/t18-/m0/s1. The van der Waals surface area contributed by atoms with E-state index in [-0.39, 0.29) is 0 Å². The summed E-state index contributed by atoms with van der Waals surface area (Å²) in [4.78, 5) is 6.67. The molecule has 2 heteroatoms. The first-order chi connectivity index (χ1) is 9.81. The quantitative estimate of drug-likeness (QED) is 0.840. The number of benzene rings is 1. The highest BCUT2D eigenvalue weighted by atomic mass is 15.1. The number of aromatic nitrogens is 1. The van der Waals surface area contributed by atoms with Crippen LogP contribution < -0.4 is 0 Å². The predicted molar refractivity (Wildman–Crippen MR) is 82.7 cm³/mol. The maximum Gasteiger partial charge on any atom is 0.0271 e. The summed E-state index contributed by atoms with van der Waals surface area (Å²) in [5, 5.41) is 0. The largest absolute Gasteiger partial charge is 0.298 e. The van der Waals surface area contributed by atoms with Crippen molar-refractivity contribution in [2.24, 2.45) is 0 Å². The van der Waals surface area contributed by atoms with Gasteiger partial charge in [0, 0.05) is 25.5 Å². The third kappa shape index (κ3) is 3.26. The van der Waals surface area contributed by atoms with E-state index >= 15 is 0 Å². The lowest BCUT2D eigenvalue weighted by molar-refractivity contribution is 0.200. The number of aryl methyl sites for hydroxylation is 1. The molecule has 3 rings (SSSR count). The van der Waals surface area contributed by atoms with E-state index in [0.717, 1.165) is 6.54 Å². The molecule has 0 amide bonds. The zero-order valence-electron chi connectivity index (χ0n) is 12.1. The van der Waals surface area contributed by atoms with E-state index in [1.54, 1.807) is 0 Å². The smallest absolute Gasteiger partial charge is 0.0271 e. The van der Waals surface area contributed by atoms with Gasteiger partial charge in [-0.3, -0.25) is 9.88 Å². The first kappa shape index (κ1) is 13.3. The molecule has 0 unspecified atom stereocenters. The number of piperidine rings is 1. The fourth-order valence-electron chi connectivity index (χ4n) is 3.14. The molecule has 1 aromatic heterocycles. The second kappa shape index (κ2) is 6.19. The van der Waals surface area contributed by atoms with E-state index in [2.05, 4.69) is 53.2 Å². The summed E-state index contributed by atoms with van der Waals surface area (Å²) < 4.78 is 0. The molecule has 1 aliphatic rings. The fourth-order valence-corrected chi connectivity index (χ4v) is 3.14. The molecule has 20 heavy (non-hydrogen) atoms. The van der Waals surface area contributed by atoms with E-state index in [1.165, 1.54) is 42.6 Å². The third-order valence-corrected chi connectivity index (χ3v) is 4.17. The molecule has 0 N–H and O–H groups in total. The number of rotatable bonds is 3. The normalized spacial score (nSPS) is 19.9. The van der Waals surface area contributed by atoms with Crippen molar-refractivity contribution in [2.45, 2.75) is 32.2 Å². The van der Waals surface area contributed by atoms with Crippen molar-refractivity contribution in [1.82, 2.24) is 9.88 Å². The van der Waals surface area contributed by atoms with Gasteiger partial charge < -0.3 is 0 Å². The van der Waals surface area contributed by atoms with E-state index in [4.69, 9.17) is 0 Å². The Hall–Kier alpha value is -1.67. The SMILES string of the molecule is Cc1cccc([C@H]2CCCN(Cc3ccncc3)C2)c1. The average Bonchev–Trinajstić information content (AvgIpc) is 2.49. The van der Waals surface area contributed by atoms with Gasteiger partial charge in [-0.25, -0.2) is 0 Å². The molecule has 1 aromatic carbocycles. The molecule has 2 nitrogen and oxygen atoms in total. The van der Waals surface area contributed by atoms with Crippen LogP contribution in [-0.2, 0) is 6.54 Å². The van der Waals surface area contributed by atoms with Crippen LogP contribution in [0.5, 0.6) is 0 Å². The monoisotopic (exact) mass is 266 g/mol. The first-order valence-corrected chi connectivity index (χ1v) is 7.49.